The number of carboxylic acid groups (broad SMARTS) is 1. The molecule has 0 spiro atoms. The fourth-order valence-electron chi connectivity index (χ4n) is 3.36. The number of ether oxygens (including phenoxy) is 1. The van der Waals surface area contributed by atoms with Crippen molar-refractivity contribution in [2.24, 2.45) is 0 Å². The van der Waals surface area contributed by atoms with E-state index in [-0.39, 0.29) is 5.56 Å². The van der Waals surface area contributed by atoms with E-state index < -0.39 is 5.97 Å². The maximum atomic E-state index is 11.8. The van der Waals surface area contributed by atoms with E-state index >= 15 is 0 Å². The average molecular weight is 394 g/mol. The van der Waals surface area contributed by atoms with Crippen molar-refractivity contribution in [1.82, 2.24) is 4.98 Å². The van der Waals surface area contributed by atoms with Gasteiger partial charge in [0.05, 0.1) is 35.0 Å². The molecule has 0 unspecified atom stereocenters. The van der Waals surface area contributed by atoms with Gasteiger partial charge in [-0.2, -0.15) is 5.26 Å². The van der Waals surface area contributed by atoms with Crippen LogP contribution in [0.25, 0.3) is 33.3 Å². The lowest BCUT2D eigenvalue weighted by molar-refractivity contribution is 0.0699. The van der Waals surface area contributed by atoms with Gasteiger partial charge in [-0.3, -0.25) is 0 Å². The summed E-state index contributed by atoms with van der Waals surface area (Å²) in [5, 5.41) is 19.2. The van der Waals surface area contributed by atoms with E-state index in [4.69, 9.17) is 10.00 Å². The number of aromatic carboxylic acids is 1. The first-order valence-corrected chi connectivity index (χ1v) is 9.51. The van der Waals surface area contributed by atoms with Crippen molar-refractivity contribution < 1.29 is 14.6 Å². The van der Waals surface area contributed by atoms with Gasteiger partial charge < -0.3 is 9.84 Å². The second-order valence-corrected chi connectivity index (χ2v) is 6.74. The molecule has 0 aliphatic carbocycles. The van der Waals surface area contributed by atoms with E-state index in [1.807, 2.05) is 61.5 Å². The molecule has 4 aromatic rings. The molecular weight excluding hydrogens is 376 g/mol. The molecule has 0 saturated heterocycles. The van der Waals surface area contributed by atoms with Crippen LogP contribution in [0.1, 0.15) is 22.8 Å². The third-order valence-corrected chi connectivity index (χ3v) is 4.85. The van der Waals surface area contributed by atoms with Gasteiger partial charge in [-0.1, -0.05) is 36.4 Å². The maximum Gasteiger partial charge on any atom is 0.336 e. The Kier molecular flexibility index (Phi) is 5.15. The van der Waals surface area contributed by atoms with E-state index in [1.54, 1.807) is 24.3 Å². The summed E-state index contributed by atoms with van der Waals surface area (Å²) >= 11 is 0. The molecule has 5 heteroatoms. The highest BCUT2D eigenvalue weighted by molar-refractivity contribution is 6.04. The Hall–Kier alpha value is -4.17. The Balaban J connectivity index is 1.72. The molecule has 146 valence electrons. The Morgan fingerprint density at radius 3 is 2.20 bits per heavy atom. The SMILES string of the molecule is CCOc1ccc(-c2ccc(-c3cc(C(=O)O)c4cc(C#N)ccc4n3)cc2)cc1. The quantitative estimate of drug-likeness (QED) is 0.481. The van der Waals surface area contributed by atoms with Gasteiger partial charge in [-0.05, 0) is 54.4 Å². The van der Waals surface area contributed by atoms with Crippen molar-refractivity contribution in [3.05, 3.63) is 83.9 Å². The highest BCUT2D eigenvalue weighted by atomic mass is 16.5. The van der Waals surface area contributed by atoms with E-state index in [2.05, 4.69) is 4.98 Å². The third kappa shape index (κ3) is 3.71. The zero-order chi connectivity index (χ0) is 21.1. The molecule has 4 rings (SSSR count). The summed E-state index contributed by atoms with van der Waals surface area (Å²) in [6.07, 6.45) is 0. The van der Waals surface area contributed by atoms with Crippen LogP contribution in [0, 0.1) is 11.3 Å². The summed E-state index contributed by atoms with van der Waals surface area (Å²) in [5.41, 5.74) is 4.56. The minimum Gasteiger partial charge on any atom is -0.494 e. The first-order valence-electron chi connectivity index (χ1n) is 9.51. The number of aromatic nitrogens is 1. The van der Waals surface area contributed by atoms with Crippen LogP contribution >= 0.6 is 0 Å². The lowest BCUT2D eigenvalue weighted by Crippen LogP contribution is -2.00. The fraction of sp³-hybridized carbons (Fsp3) is 0.0800. The van der Waals surface area contributed by atoms with E-state index in [1.165, 1.54) is 0 Å². The summed E-state index contributed by atoms with van der Waals surface area (Å²) < 4.78 is 5.48. The standard InChI is InChI=1S/C25H18N2O3/c1-2-30-20-10-8-18(9-11-20)17-4-6-19(7-5-17)24-14-22(25(28)29)21-13-16(15-26)3-12-23(21)27-24/h3-14H,2H2,1H3,(H,28,29). The van der Waals surface area contributed by atoms with Crippen molar-refractivity contribution in [2.45, 2.75) is 6.92 Å². The summed E-state index contributed by atoms with van der Waals surface area (Å²) in [5.74, 6) is -0.219. The van der Waals surface area contributed by atoms with Crippen LogP contribution in [-0.2, 0) is 0 Å². The van der Waals surface area contributed by atoms with Crippen molar-refractivity contribution >= 4 is 16.9 Å². The molecule has 0 aliphatic rings. The molecule has 0 bridgehead atoms. The second kappa shape index (κ2) is 8.06. The summed E-state index contributed by atoms with van der Waals surface area (Å²) in [4.78, 5) is 16.4. The van der Waals surface area contributed by atoms with Gasteiger partial charge in [-0.25, -0.2) is 9.78 Å². The highest BCUT2D eigenvalue weighted by Crippen LogP contribution is 2.28. The smallest absolute Gasteiger partial charge is 0.336 e. The first-order chi connectivity index (χ1) is 14.6. The van der Waals surface area contributed by atoms with Gasteiger partial charge >= 0.3 is 5.97 Å². The third-order valence-electron chi connectivity index (χ3n) is 4.85. The van der Waals surface area contributed by atoms with Gasteiger partial charge in [0.2, 0.25) is 0 Å². The maximum absolute atomic E-state index is 11.8. The van der Waals surface area contributed by atoms with Crippen molar-refractivity contribution in [3.63, 3.8) is 0 Å². The molecule has 1 N–H and O–H groups in total. The molecule has 0 amide bonds. The number of hydrogen-bond acceptors (Lipinski definition) is 4. The lowest BCUT2D eigenvalue weighted by atomic mass is 10.00. The number of hydrogen-bond donors (Lipinski definition) is 1. The number of rotatable bonds is 5. The molecule has 1 aromatic heterocycles. The predicted octanol–water partition coefficient (Wildman–Crippen LogP) is 5.54. The first kappa shape index (κ1) is 19.2. The van der Waals surface area contributed by atoms with Crippen LogP contribution in [-0.4, -0.2) is 22.7 Å². The highest BCUT2D eigenvalue weighted by Gasteiger charge is 2.14. The Morgan fingerprint density at radius 2 is 1.60 bits per heavy atom. The molecule has 0 fully saturated rings. The minimum atomic E-state index is -1.05. The van der Waals surface area contributed by atoms with Crippen LogP contribution < -0.4 is 4.74 Å². The van der Waals surface area contributed by atoms with Crippen LogP contribution in [0.15, 0.2) is 72.8 Å². The van der Waals surface area contributed by atoms with Crippen LogP contribution in [0.5, 0.6) is 5.75 Å². The van der Waals surface area contributed by atoms with E-state index in [0.717, 1.165) is 22.4 Å². The molecule has 3 aromatic carbocycles. The number of benzene rings is 3. The molecule has 0 saturated carbocycles. The molecule has 0 atom stereocenters. The Bertz CT molecular complexity index is 1270. The lowest BCUT2D eigenvalue weighted by Gasteiger charge is -2.09. The zero-order valence-corrected chi connectivity index (χ0v) is 16.3. The monoisotopic (exact) mass is 394 g/mol. The molecule has 0 aliphatic heterocycles. The number of carbonyl (C=O) groups is 1. The second-order valence-electron chi connectivity index (χ2n) is 6.74. The van der Waals surface area contributed by atoms with Crippen LogP contribution in [0.3, 0.4) is 0 Å². The summed E-state index contributed by atoms with van der Waals surface area (Å²) in [6.45, 7) is 2.58. The molecule has 30 heavy (non-hydrogen) atoms. The van der Waals surface area contributed by atoms with Gasteiger partial charge in [-0.15, -0.1) is 0 Å². The van der Waals surface area contributed by atoms with Gasteiger partial charge in [0, 0.05) is 10.9 Å². The molecule has 1 heterocycles. The number of nitrogens with zero attached hydrogens (tertiary/aromatic N) is 2. The summed E-state index contributed by atoms with van der Waals surface area (Å²) in [7, 11) is 0. The van der Waals surface area contributed by atoms with E-state index in [9.17, 15) is 9.90 Å². The number of fused-ring (bicyclic) bond motifs is 1. The minimum absolute atomic E-state index is 0.127. The Labute approximate surface area is 173 Å². The van der Waals surface area contributed by atoms with Gasteiger partial charge in [0.15, 0.2) is 0 Å². The number of pyridine rings is 1. The van der Waals surface area contributed by atoms with Gasteiger partial charge in [0.25, 0.3) is 0 Å². The normalized spacial score (nSPS) is 10.5. The van der Waals surface area contributed by atoms with E-state index in [0.29, 0.717) is 28.8 Å². The average Bonchev–Trinajstić information content (AvgIpc) is 2.78. The summed E-state index contributed by atoms with van der Waals surface area (Å²) in [6, 6.07) is 24.2. The molecular formula is C25H18N2O3. The predicted molar refractivity (Wildman–Crippen MR) is 115 cm³/mol. The fourth-order valence-corrected chi connectivity index (χ4v) is 3.36. The number of carboxylic acids is 1. The largest absolute Gasteiger partial charge is 0.494 e. The molecule has 5 nitrogen and oxygen atoms in total. The van der Waals surface area contributed by atoms with Crippen LogP contribution in [0.4, 0.5) is 0 Å². The van der Waals surface area contributed by atoms with Crippen molar-refractivity contribution in [1.29, 1.82) is 5.26 Å². The van der Waals surface area contributed by atoms with Gasteiger partial charge in [0.1, 0.15) is 5.75 Å². The Morgan fingerprint density at radius 1 is 0.967 bits per heavy atom. The van der Waals surface area contributed by atoms with Crippen molar-refractivity contribution in [2.75, 3.05) is 6.61 Å². The van der Waals surface area contributed by atoms with Crippen molar-refractivity contribution in [3.8, 4) is 34.2 Å². The van der Waals surface area contributed by atoms with Crippen LogP contribution in [0.2, 0.25) is 0 Å². The number of nitriles is 1. The molecule has 0 radical (unpaired) electrons. The zero-order valence-electron chi connectivity index (χ0n) is 16.3. The topological polar surface area (TPSA) is 83.2 Å².